The molecule has 0 bridgehead atoms. The molecule has 1 aliphatic rings. The molecule has 0 amide bonds. The highest BCUT2D eigenvalue weighted by molar-refractivity contribution is 5.65. The van der Waals surface area contributed by atoms with Gasteiger partial charge in [0.1, 0.15) is 5.69 Å². The molecule has 4 heteroatoms. The molecule has 2 unspecified atom stereocenters. The number of nitro groups is 1. The van der Waals surface area contributed by atoms with Crippen LogP contribution in [0, 0.1) is 23.0 Å². The summed E-state index contributed by atoms with van der Waals surface area (Å²) in [7, 11) is 0. The van der Waals surface area contributed by atoms with Crippen LogP contribution in [0.3, 0.4) is 0 Å². The van der Waals surface area contributed by atoms with E-state index in [1.54, 1.807) is 19.1 Å². The maximum absolute atomic E-state index is 10.9. The summed E-state index contributed by atoms with van der Waals surface area (Å²) in [6, 6.07) is 5.79. The van der Waals surface area contributed by atoms with Gasteiger partial charge in [-0.15, -0.1) is 0 Å². The summed E-state index contributed by atoms with van der Waals surface area (Å²) < 4.78 is 0. The zero-order valence-corrected chi connectivity index (χ0v) is 8.86. The highest BCUT2D eigenvalue weighted by Crippen LogP contribution is 2.36. The molecule has 1 aromatic rings. The van der Waals surface area contributed by atoms with E-state index >= 15 is 0 Å². The molecule has 1 N–H and O–H groups in total. The lowest BCUT2D eigenvalue weighted by Crippen LogP contribution is -2.06. The quantitative estimate of drug-likeness (QED) is 0.611. The summed E-state index contributed by atoms with van der Waals surface area (Å²) in [5, 5.41) is 14.1. The molecule has 1 saturated carbocycles. The van der Waals surface area contributed by atoms with Crippen molar-refractivity contribution in [3.63, 3.8) is 0 Å². The van der Waals surface area contributed by atoms with Crippen LogP contribution in [0.5, 0.6) is 0 Å². The number of aryl methyl sites for hydroxylation is 1. The first-order chi connectivity index (χ1) is 7.09. The van der Waals surface area contributed by atoms with Gasteiger partial charge in [0.2, 0.25) is 0 Å². The van der Waals surface area contributed by atoms with Crippen LogP contribution in [0.15, 0.2) is 18.2 Å². The Bertz CT molecular complexity index is 404. The lowest BCUT2D eigenvalue weighted by molar-refractivity contribution is -0.384. The topological polar surface area (TPSA) is 55.2 Å². The van der Waals surface area contributed by atoms with E-state index in [2.05, 4.69) is 12.2 Å². The third-order valence-corrected chi connectivity index (χ3v) is 2.87. The third kappa shape index (κ3) is 1.93. The van der Waals surface area contributed by atoms with Gasteiger partial charge in [0.05, 0.1) is 4.92 Å². The Balaban J connectivity index is 2.29. The van der Waals surface area contributed by atoms with Gasteiger partial charge in [-0.2, -0.15) is 0 Å². The van der Waals surface area contributed by atoms with E-state index in [0.29, 0.717) is 23.2 Å². The number of rotatable bonds is 3. The van der Waals surface area contributed by atoms with Crippen LogP contribution in [0.25, 0.3) is 0 Å². The lowest BCUT2D eigenvalue weighted by atomic mass is 10.1. The number of hydrogen-bond acceptors (Lipinski definition) is 3. The molecule has 2 atom stereocenters. The summed E-state index contributed by atoms with van der Waals surface area (Å²) in [5.41, 5.74) is 1.56. The molecule has 80 valence electrons. The Morgan fingerprint density at radius 1 is 1.53 bits per heavy atom. The minimum atomic E-state index is -0.315. The van der Waals surface area contributed by atoms with Gasteiger partial charge in [-0.25, -0.2) is 0 Å². The summed E-state index contributed by atoms with van der Waals surface area (Å²) in [4.78, 5) is 10.6. The van der Waals surface area contributed by atoms with Crippen molar-refractivity contribution < 1.29 is 4.92 Å². The summed E-state index contributed by atoms with van der Waals surface area (Å²) >= 11 is 0. The Labute approximate surface area is 88.5 Å². The molecule has 1 fully saturated rings. The molecule has 0 aromatic heterocycles. The predicted molar refractivity (Wildman–Crippen MR) is 59.0 cm³/mol. The summed E-state index contributed by atoms with van der Waals surface area (Å²) in [6.07, 6.45) is 1.10. The third-order valence-electron chi connectivity index (χ3n) is 2.87. The molecule has 0 aliphatic heterocycles. The van der Waals surface area contributed by atoms with Crippen LogP contribution in [0.1, 0.15) is 18.9 Å². The standard InChI is InChI=1S/C11H14N2O2/c1-7-4-3-5-9(11(7)13(14)15)12-10-6-8(10)2/h3-5,8,10,12H,6H2,1-2H3. The second-order valence-corrected chi connectivity index (χ2v) is 4.19. The molecule has 0 heterocycles. The highest BCUT2D eigenvalue weighted by atomic mass is 16.6. The van der Waals surface area contributed by atoms with Gasteiger partial charge >= 0.3 is 0 Å². The molecule has 0 saturated heterocycles. The first kappa shape index (κ1) is 9.96. The number of nitro benzene ring substituents is 1. The van der Waals surface area contributed by atoms with Gasteiger partial charge in [-0.3, -0.25) is 10.1 Å². The van der Waals surface area contributed by atoms with Crippen molar-refractivity contribution in [1.29, 1.82) is 0 Å². The maximum Gasteiger partial charge on any atom is 0.295 e. The second-order valence-electron chi connectivity index (χ2n) is 4.19. The minimum Gasteiger partial charge on any atom is -0.376 e. The number of nitrogens with zero attached hydrogens (tertiary/aromatic N) is 1. The van der Waals surface area contributed by atoms with Gasteiger partial charge in [-0.05, 0) is 25.3 Å². The van der Waals surface area contributed by atoms with Crippen molar-refractivity contribution in [3.8, 4) is 0 Å². The van der Waals surface area contributed by atoms with Crippen LogP contribution < -0.4 is 5.32 Å². The molecular formula is C11H14N2O2. The Hall–Kier alpha value is -1.58. The second kappa shape index (κ2) is 3.53. The van der Waals surface area contributed by atoms with E-state index in [1.165, 1.54) is 0 Å². The SMILES string of the molecule is Cc1cccc(NC2CC2C)c1[N+](=O)[O-]. The number of benzene rings is 1. The van der Waals surface area contributed by atoms with E-state index in [-0.39, 0.29) is 10.6 Å². The monoisotopic (exact) mass is 206 g/mol. The first-order valence-electron chi connectivity index (χ1n) is 5.10. The summed E-state index contributed by atoms with van der Waals surface area (Å²) in [5.74, 6) is 0.630. The van der Waals surface area contributed by atoms with Crippen LogP contribution >= 0.6 is 0 Å². The van der Waals surface area contributed by atoms with Crippen LogP contribution in [0.4, 0.5) is 11.4 Å². The van der Waals surface area contributed by atoms with Crippen molar-refractivity contribution in [2.75, 3.05) is 5.32 Å². The van der Waals surface area contributed by atoms with Gasteiger partial charge in [-0.1, -0.05) is 19.1 Å². The average molecular weight is 206 g/mol. The van der Waals surface area contributed by atoms with Crippen molar-refractivity contribution in [2.45, 2.75) is 26.3 Å². The lowest BCUT2D eigenvalue weighted by Gasteiger charge is -2.07. The fourth-order valence-electron chi connectivity index (χ4n) is 1.74. The van der Waals surface area contributed by atoms with Gasteiger partial charge in [0.25, 0.3) is 5.69 Å². The minimum absolute atomic E-state index is 0.205. The van der Waals surface area contributed by atoms with E-state index in [1.807, 2.05) is 6.07 Å². The molecule has 1 aromatic carbocycles. The fourth-order valence-corrected chi connectivity index (χ4v) is 1.74. The zero-order chi connectivity index (χ0) is 11.0. The van der Waals surface area contributed by atoms with E-state index in [4.69, 9.17) is 0 Å². The fraction of sp³-hybridized carbons (Fsp3) is 0.455. The molecule has 2 rings (SSSR count). The normalized spacial score (nSPS) is 23.6. The molecule has 4 nitrogen and oxygen atoms in total. The number of anilines is 1. The number of nitrogens with one attached hydrogen (secondary N) is 1. The number of para-hydroxylation sites is 1. The molecule has 15 heavy (non-hydrogen) atoms. The van der Waals surface area contributed by atoms with Crippen LogP contribution in [0.2, 0.25) is 0 Å². The molecule has 0 spiro atoms. The van der Waals surface area contributed by atoms with Crippen molar-refractivity contribution >= 4 is 11.4 Å². The maximum atomic E-state index is 10.9. The molecule has 1 aliphatic carbocycles. The Kier molecular flexibility index (Phi) is 2.34. The molecule has 0 radical (unpaired) electrons. The Morgan fingerprint density at radius 3 is 2.73 bits per heavy atom. The predicted octanol–water partition coefficient (Wildman–Crippen LogP) is 2.72. The van der Waals surface area contributed by atoms with Crippen molar-refractivity contribution in [3.05, 3.63) is 33.9 Å². The van der Waals surface area contributed by atoms with Gasteiger partial charge in [0.15, 0.2) is 0 Å². The Morgan fingerprint density at radius 2 is 2.20 bits per heavy atom. The first-order valence-corrected chi connectivity index (χ1v) is 5.10. The van der Waals surface area contributed by atoms with E-state index in [0.717, 1.165) is 6.42 Å². The van der Waals surface area contributed by atoms with Gasteiger partial charge < -0.3 is 5.32 Å². The largest absolute Gasteiger partial charge is 0.376 e. The van der Waals surface area contributed by atoms with Gasteiger partial charge in [0, 0.05) is 11.6 Å². The van der Waals surface area contributed by atoms with Crippen molar-refractivity contribution in [1.82, 2.24) is 0 Å². The smallest absolute Gasteiger partial charge is 0.295 e. The van der Waals surface area contributed by atoms with Crippen LogP contribution in [-0.4, -0.2) is 11.0 Å². The van der Waals surface area contributed by atoms with E-state index < -0.39 is 0 Å². The zero-order valence-electron chi connectivity index (χ0n) is 8.86. The molecular weight excluding hydrogens is 192 g/mol. The highest BCUT2D eigenvalue weighted by Gasteiger charge is 2.34. The van der Waals surface area contributed by atoms with Crippen LogP contribution in [-0.2, 0) is 0 Å². The van der Waals surface area contributed by atoms with Crippen molar-refractivity contribution in [2.24, 2.45) is 5.92 Å². The summed E-state index contributed by atoms with van der Waals surface area (Å²) in [6.45, 7) is 3.90. The average Bonchev–Trinajstić information content (AvgIpc) is 2.81. The number of hydrogen-bond donors (Lipinski definition) is 1. The van der Waals surface area contributed by atoms with E-state index in [9.17, 15) is 10.1 Å².